The largest absolute Gasteiger partial charge is 0.489 e. The molecule has 0 aliphatic rings. The molecule has 16 heavy (non-hydrogen) atoms. The predicted molar refractivity (Wildman–Crippen MR) is 69.0 cm³/mol. The summed E-state index contributed by atoms with van der Waals surface area (Å²) in [6, 6.07) is 7.50. The Morgan fingerprint density at radius 3 is 2.81 bits per heavy atom. The maximum atomic E-state index is 6.03. The third-order valence-electron chi connectivity index (χ3n) is 2.61. The number of halogens is 1. The molecule has 0 aliphatic carbocycles. The topological polar surface area (TPSA) is 35.2 Å². The summed E-state index contributed by atoms with van der Waals surface area (Å²) >= 11 is 5.88. The molecular formula is C13H20ClNO. The molecule has 0 radical (unpaired) electrons. The van der Waals surface area contributed by atoms with Gasteiger partial charge in [-0.15, -0.1) is 0 Å². The first-order valence-electron chi connectivity index (χ1n) is 5.81. The molecule has 2 atom stereocenters. The maximum Gasteiger partial charge on any atom is 0.121 e. The van der Waals surface area contributed by atoms with E-state index in [1.165, 1.54) is 0 Å². The van der Waals surface area contributed by atoms with Gasteiger partial charge in [-0.05, 0) is 31.5 Å². The Bertz CT molecular complexity index is 317. The van der Waals surface area contributed by atoms with Crippen LogP contribution in [0.2, 0.25) is 5.02 Å². The van der Waals surface area contributed by atoms with Crippen molar-refractivity contribution in [3.8, 4) is 5.75 Å². The zero-order valence-corrected chi connectivity index (χ0v) is 10.7. The summed E-state index contributed by atoms with van der Waals surface area (Å²) < 4.78 is 5.74. The standard InChI is InChI=1S/C13H20ClNO/c1-3-4-8-13(15)10(2)16-12-7-5-6-11(14)9-12/h5-7,9-10,13H,3-4,8,15H2,1-2H3. The molecule has 0 aromatic heterocycles. The van der Waals surface area contributed by atoms with Gasteiger partial charge < -0.3 is 10.5 Å². The van der Waals surface area contributed by atoms with Gasteiger partial charge in [0.2, 0.25) is 0 Å². The highest BCUT2D eigenvalue weighted by molar-refractivity contribution is 6.30. The Hall–Kier alpha value is -0.730. The lowest BCUT2D eigenvalue weighted by Gasteiger charge is -2.21. The Morgan fingerprint density at radius 1 is 1.44 bits per heavy atom. The van der Waals surface area contributed by atoms with Gasteiger partial charge >= 0.3 is 0 Å². The molecule has 0 saturated heterocycles. The van der Waals surface area contributed by atoms with E-state index in [1.54, 1.807) is 0 Å². The fourth-order valence-corrected chi connectivity index (χ4v) is 1.70. The Labute approximate surface area is 103 Å². The number of ether oxygens (including phenoxy) is 1. The molecule has 1 rings (SSSR count). The van der Waals surface area contributed by atoms with Gasteiger partial charge in [-0.25, -0.2) is 0 Å². The van der Waals surface area contributed by atoms with Crippen LogP contribution in [-0.2, 0) is 0 Å². The highest BCUT2D eigenvalue weighted by Gasteiger charge is 2.13. The van der Waals surface area contributed by atoms with Crippen LogP contribution in [0.25, 0.3) is 0 Å². The van der Waals surface area contributed by atoms with E-state index in [0.717, 1.165) is 25.0 Å². The van der Waals surface area contributed by atoms with Crippen LogP contribution in [-0.4, -0.2) is 12.1 Å². The van der Waals surface area contributed by atoms with E-state index >= 15 is 0 Å². The lowest BCUT2D eigenvalue weighted by Crippen LogP contribution is -2.36. The van der Waals surface area contributed by atoms with Crippen LogP contribution in [0, 0.1) is 0 Å². The zero-order valence-electron chi connectivity index (χ0n) is 9.95. The quantitative estimate of drug-likeness (QED) is 0.826. The first kappa shape index (κ1) is 13.3. The number of nitrogens with two attached hydrogens (primary N) is 1. The van der Waals surface area contributed by atoms with Crippen LogP contribution < -0.4 is 10.5 Å². The molecule has 2 N–H and O–H groups in total. The summed E-state index contributed by atoms with van der Waals surface area (Å²) in [5.41, 5.74) is 6.03. The Morgan fingerprint density at radius 2 is 2.19 bits per heavy atom. The summed E-state index contributed by atoms with van der Waals surface area (Å²) in [5.74, 6) is 0.784. The van der Waals surface area contributed by atoms with Crippen molar-refractivity contribution in [2.75, 3.05) is 0 Å². The van der Waals surface area contributed by atoms with Gasteiger partial charge in [-0.2, -0.15) is 0 Å². The van der Waals surface area contributed by atoms with Crippen molar-refractivity contribution in [2.45, 2.75) is 45.3 Å². The molecule has 0 amide bonds. The van der Waals surface area contributed by atoms with E-state index in [1.807, 2.05) is 31.2 Å². The maximum absolute atomic E-state index is 6.03. The third kappa shape index (κ3) is 4.42. The summed E-state index contributed by atoms with van der Waals surface area (Å²) in [4.78, 5) is 0. The average Bonchev–Trinajstić information content (AvgIpc) is 2.25. The Kier molecular flexibility index (Phi) is 5.64. The number of unbranched alkanes of at least 4 members (excludes halogenated alkanes) is 1. The van der Waals surface area contributed by atoms with E-state index in [4.69, 9.17) is 22.1 Å². The van der Waals surface area contributed by atoms with Crippen LogP contribution in [0.4, 0.5) is 0 Å². The van der Waals surface area contributed by atoms with Gasteiger partial charge in [0.1, 0.15) is 11.9 Å². The van der Waals surface area contributed by atoms with Gasteiger partial charge in [0.15, 0.2) is 0 Å². The number of hydrogen-bond donors (Lipinski definition) is 1. The molecule has 90 valence electrons. The monoisotopic (exact) mass is 241 g/mol. The van der Waals surface area contributed by atoms with Crippen molar-refractivity contribution in [3.05, 3.63) is 29.3 Å². The summed E-state index contributed by atoms with van der Waals surface area (Å²) in [6.45, 7) is 4.16. The fraction of sp³-hybridized carbons (Fsp3) is 0.538. The molecule has 0 fully saturated rings. The molecule has 1 aromatic rings. The minimum Gasteiger partial charge on any atom is -0.489 e. The van der Waals surface area contributed by atoms with E-state index in [9.17, 15) is 0 Å². The van der Waals surface area contributed by atoms with Crippen molar-refractivity contribution in [2.24, 2.45) is 5.73 Å². The smallest absolute Gasteiger partial charge is 0.121 e. The highest BCUT2D eigenvalue weighted by atomic mass is 35.5. The van der Waals surface area contributed by atoms with E-state index in [0.29, 0.717) is 5.02 Å². The average molecular weight is 242 g/mol. The second kappa shape index (κ2) is 6.77. The van der Waals surface area contributed by atoms with Crippen molar-refractivity contribution < 1.29 is 4.74 Å². The minimum absolute atomic E-state index is 0.0185. The molecule has 0 aliphatic heterocycles. The van der Waals surface area contributed by atoms with Crippen molar-refractivity contribution in [1.82, 2.24) is 0 Å². The van der Waals surface area contributed by atoms with Crippen molar-refractivity contribution in [3.63, 3.8) is 0 Å². The van der Waals surface area contributed by atoms with Gasteiger partial charge in [-0.1, -0.05) is 37.4 Å². The first-order valence-corrected chi connectivity index (χ1v) is 6.19. The normalized spacial score (nSPS) is 14.5. The van der Waals surface area contributed by atoms with Crippen LogP contribution in [0.15, 0.2) is 24.3 Å². The molecule has 2 nitrogen and oxygen atoms in total. The molecular weight excluding hydrogens is 222 g/mol. The molecule has 1 aromatic carbocycles. The van der Waals surface area contributed by atoms with Crippen LogP contribution in [0.1, 0.15) is 33.1 Å². The fourth-order valence-electron chi connectivity index (χ4n) is 1.52. The lowest BCUT2D eigenvalue weighted by molar-refractivity contribution is 0.183. The number of hydrogen-bond acceptors (Lipinski definition) is 2. The zero-order chi connectivity index (χ0) is 12.0. The highest BCUT2D eigenvalue weighted by Crippen LogP contribution is 2.19. The molecule has 0 spiro atoms. The van der Waals surface area contributed by atoms with E-state index in [-0.39, 0.29) is 12.1 Å². The second-order valence-electron chi connectivity index (χ2n) is 4.09. The van der Waals surface area contributed by atoms with Gasteiger partial charge in [-0.3, -0.25) is 0 Å². The number of rotatable bonds is 6. The van der Waals surface area contributed by atoms with Gasteiger partial charge in [0, 0.05) is 11.1 Å². The van der Waals surface area contributed by atoms with Crippen LogP contribution in [0.3, 0.4) is 0 Å². The summed E-state index contributed by atoms with van der Waals surface area (Å²) in [7, 11) is 0. The summed E-state index contributed by atoms with van der Waals surface area (Å²) in [6.07, 6.45) is 3.32. The van der Waals surface area contributed by atoms with E-state index in [2.05, 4.69) is 6.92 Å². The molecule has 0 saturated carbocycles. The first-order chi connectivity index (χ1) is 7.63. The van der Waals surface area contributed by atoms with Gasteiger partial charge in [0.05, 0.1) is 0 Å². The third-order valence-corrected chi connectivity index (χ3v) is 2.85. The lowest BCUT2D eigenvalue weighted by atomic mass is 10.1. The SMILES string of the molecule is CCCCC(N)C(C)Oc1cccc(Cl)c1. The predicted octanol–water partition coefficient (Wildman–Crippen LogP) is 3.62. The van der Waals surface area contributed by atoms with E-state index < -0.39 is 0 Å². The Balaban J connectivity index is 2.47. The van der Waals surface area contributed by atoms with Gasteiger partial charge in [0.25, 0.3) is 0 Å². The minimum atomic E-state index is 0.0185. The van der Waals surface area contributed by atoms with Crippen LogP contribution >= 0.6 is 11.6 Å². The van der Waals surface area contributed by atoms with Crippen LogP contribution in [0.5, 0.6) is 5.75 Å². The molecule has 0 heterocycles. The number of benzene rings is 1. The molecule has 3 heteroatoms. The van der Waals surface area contributed by atoms with Crippen molar-refractivity contribution in [1.29, 1.82) is 0 Å². The molecule has 2 unspecified atom stereocenters. The second-order valence-corrected chi connectivity index (χ2v) is 4.52. The summed E-state index contributed by atoms with van der Waals surface area (Å²) in [5, 5.41) is 0.687. The van der Waals surface area contributed by atoms with Crippen molar-refractivity contribution >= 4 is 11.6 Å². The molecule has 0 bridgehead atoms.